The van der Waals surface area contributed by atoms with E-state index in [1.54, 1.807) is 6.07 Å². The number of fused-ring (bicyclic) bond motifs is 1. The standard InChI is InChI=1S/C17H14N2O/c1-11-5-4-6-12(9-11)16-10-14(17(18)20)13-7-2-3-8-15(13)19-16/h2-10H,1H3,(H2,18,20). The number of amides is 1. The number of aromatic nitrogens is 1. The summed E-state index contributed by atoms with van der Waals surface area (Å²) in [6.45, 7) is 2.03. The predicted molar refractivity (Wildman–Crippen MR) is 80.4 cm³/mol. The summed E-state index contributed by atoms with van der Waals surface area (Å²) in [7, 11) is 0. The first kappa shape index (κ1) is 12.4. The van der Waals surface area contributed by atoms with Crippen LogP contribution in [-0.4, -0.2) is 10.9 Å². The molecule has 0 atom stereocenters. The summed E-state index contributed by atoms with van der Waals surface area (Å²) in [5.41, 5.74) is 9.68. The number of hydrogen-bond donors (Lipinski definition) is 1. The summed E-state index contributed by atoms with van der Waals surface area (Å²) in [6, 6.07) is 17.3. The van der Waals surface area contributed by atoms with E-state index >= 15 is 0 Å². The second-order valence-electron chi connectivity index (χ2n) is 4.81. The smallest absolute Gasteiger partial charge is 0.249 e. The summed E-state index contributed by atoms with van der Waals surface area (Å²) >= 11 is 0. The van der Waals surface area contributed by atoms with E-state index in [9.17, 15) is 4.79 Å². The first-order chi connectivity index (χ1) is 9.65. The van der Waals surface area contributed by atoms with Crippen molar-refractivity contribution < 1.29 is 4.79 Å². The highest BCUT2D eigenvalue weighted by atomic mass is 16.1. The number of nitrogens with zero attached hydrogens (tertiary/aromatic N) is 1. The molecular weight excluding hydrogens is 248 g/mol. The van der Waals surface area contributed by atoms with Gasteiger partial charge < -0.3 is 5.73 Å². The first-order valence-electron chi connectivity index (χ1n) is 6.42. The Bertz CT molecular complexity index is 809. The van der Waals surface area contributed by atoms with E-state index in [1.807, 2.05) is 55.5 Å². The van der Waals surface area contributed by atoms with E-state index in [2.05, 4.69) is 4.98 Å². The summed E-state index contributed by atoms with van der Waals surface area (Å²) in [5, 5.41) is 0.788. The normalized spacial score (nSPS) is 10.7. The number of carbonyl (C=O) groups excluding carboxylic acids is 1. The molecule has 0 saturated heterocycles. The number of primary amides is 1. The first-order valence-corrected chi connectivity index (χ1v) is 6.42. The van der Waals surface area contributed by atoms with E-state index in [0.717, 1.165) is 27.7 Å². The van der Waals surface area contributed by atoms with Gasteiger partial charge in [-0.15, -0.1) is 0 Å². The Morgan fingerprint density at radius 1 is 1.05 bits per heavy atom. The van der Waals surface area contributed by atoms with Gasteiger partial charge in [-0.3, -0.25) is 4.79 Å². The molecule has 0 spiro atoms. The summed E-state index contributed by atoms with van der Waals surface area (Å²) in [5.74, 6) is -0.433. The maximum Gasteiger partial charge on any atom is 0.249 e. The van der Waals surface area contributed by atoms with Crippen molar-refractivity contribution in [3.8, 4) is 11.3 Å². The van der Waals surface area contributed by atoms with Gasteiger partial charge in [-0.1, -0.05) is 42.0 Å². The second kappa shape index (κ2) is 4.78. The van der Waals surface area contributed by atoms with E-state index in [1.165, 1.54) is 0 Å². The molecule has 0 aliphatic carbocycles. The number of pyridine rings is 1. The second-order valence-corrected chi connectivity index (χ2v) is 4.81. The summed E-state index contributed by atoms with van der Waals surface area (Å²) in [4.78, 5) is 16.3. The van der Waals surface area contributed by atoms with Gasteiger partial charge in [0, 0.05) is 10.9 Å². The number of hydrogen-bond acceptors (Lipinski definition) is 2. The van der Waals surface area contributed by atoms with Crippen LogP contribution in [0.25, 0.3) is 22.2 Å². The number of rotatable bonds is 2. The largest absolute Gasteiger partial charge is 0.366 e. The number of benzene rings is 2. The van der Waals surface area contributed by atoms with Crippen molar-refractivity contribution in [3.63, 3.8) is 0 Å². The van der Waals surface area contributed by atoms with E-state index in [0.29, 0.717) is 5.56 Å². The molecule has 98 valence electrons. The van der Waals surface area contributed by atoms with Crippen molar-refractivity contribution in [2.75, 3.05) is 0 Å². The van der Waals surface area contributed by atoms with Gasteiger partial charge in [-0.05, 0) is 25.1 Å². The molecule has 2 N–H and O–H groups in total. The Morgan fingerprint density at radius 3 is 2.60 bits per heavy atom. The van der Waals surface area contributed by atoms with Crippen molar-refractivity contribution in [1.29, 1.82) is 0 Å². The van der Waals surface area contributed by atoms with Gasteiger partial charge >= 0.3 is 0 Å². The van der Waals surface area contributed by atoms with Crippen molar-refractivity contribution in [3.05, 3.63) is 65.7 Å². The predicted octanol–water partition coefficient (Wildman–Crippen LogP) is 3.31. The van der Waals surface area contributed by atoms with Crippen molar-refractivity contribution in [2.24, 2.45) is 5.73 Å². The average molecular weight is 262 g/mol. The average Bonchev–Trinajstić information content (AvgIpc) is 2.46. The molecule has 0 aliphatic rings. The topological polar surface area (TPSA) is 56.0 Å². The Morgan fingerprint density at radius 2 is 1.85 bits per heavy atom. The zero-order valence-corrected chi connectivity index (χ0v) is 11.1. The van der Waals surface area contributed by atoms with Crippen molar-refractivity contribution in [1.82, 2.24) is 4.98 Å². The molecule has 20 heavy (non-hydrogen) atoms. The van der Waals surface area contributed by atoms with Gasteiger partial charge in [0.25, 0.3) is 0 Å². The van der Waals surface area contributed by atoms with Crippen LogP contribution in [0.5, 0.6) is 0 Å². The van der Waals surface area contributed by atoms with Gasteiger partial charge in [-0.2, -0.15) is 0 Å². The maximum atomic E-state index is 11.7. The Labute approximate surface area is 117 Å². The summed E-state index contributed by atoms with van der Waals surface area (Å²) in [6.07, 6.45) is 0. The molecule has 0 aliphatic heterocycles. The third-order valence-electron chi connectivity index (χ3n) is 3.30. The maximum absolute atomic E-state index is 11.7. The highest BCUT2D eigenvalue weighted by Crippen LogP contribution is 2.25. The van der Waals surface area contributed by atoms with Crippen molar-refractivity contribution >= 4 is 16.8 Å². The SMILES string of the molecule is Cc1cccc(-c2cc(C(N)=O)c3ccccc3n2)c1. The Kier molecular flexibility index (Phi) is 2.95. The van der Waals surface area contributed by atoms with Crippen LogP contribution >= 0.6 is 0 Å². The molecule has 1 amide bonds. The molecule has 3 heteroatoms. The molecule has 3 nitrogen and oxygen atoms in total. The zero-order valence-electron chi connectivity index (χ0n) is 11.1. The lowest BCUT2D eigenvalue weighted by Crippen LogP contribution is -2.12. The molecule has 0 radical (unpaired) electrons. The van der Waals surface area contributed by atoms with Crippen LogP contribution in [0, 0.1) is 6.92 Å². The van der Waals surface area contributed by atoms with Gasteiger partial charge in [0.1, 0.15) is 0 Å². The number of carbonyl (C=O) groups is 1. The van der Waals surface area contributed by atoms with Gasteiger partial charge in [0.05, 0.1) is 16.8 Å². The minimum Gasteiger partial charge on any atom is -0.366 e. The number of aryl methyl sites for hydroxylation is 1. The monoisotopic (exact) mass is 262 g/mol. The molecule has 1 aromatic heterocycles. The third kappa shape index (κ3) is 2.14. The Hall–Kier alpha value is -2.68. The summed E-state index contributed by atoms with van der Waals surface area (Å²) < 4.78 is 0. The van der Waals surface area contributed by atoms with Crippen LogP contribution < -0.4 is 5.73 Å². The quantitative estimate of drug-likeness (QED) is 0.770. The van der Waals surface area contributed by atoms with Crippen molar-refractivity contribution in [2.45, 2.75) is 6.92 Å². The van der Waals surface area contributed by atoms with Crippen LogP contribution in [0.2, 0.25) is 0 Å². The number of para-hydroxylation sites is 1. The van der Waals surface area contributed by atoms with Gasteiger partial charge in [0.2, 0.25) is 5.91 Å². The van der Waals surface area contributed by atoms with Crippen LogP contribution in [0.1, 0.15) is 15.9 Å². The van der Waals surface area contributed by atoms with Gasteiger partial charge in [0.15, 0.2) is 0 Å². The zero-order chi connectivity index (χ0) is 14.1. The molecule has 0 bridgehead atoms. The Balaban J connectivity index is 2.30. The minimum atomic E-state index is -0.433. The molecular formula is C17H14N2O. The fraction of sp³-hybridized carbons (Fsp3) is 0.0588. The lowest BCUT2D eigenvalue weighted by atomic mass is 10.0. The highest BCUT2D eigenvalue weighted by molar-refractivity contribution is 6.06. The fourth-order valence-electron chi connectivity index (χ4n) is 2.33. The lowest BCUT2D eigenvalue weighted by molar-refractivity contribution is 0.100. The van der Waals surface area contributed by atoms with E-state index in [4.69, 9.17) is 5.73 Å². The minimum absolute atomic E-state index is 0.433. The van der Waals surface area contributed by atoms with E-state index in [-0.39, 0.29) is 0 Å². The number of nitrogens with two attached hydrogens (primary N) is 1. The molecule has 0 unspecified atom stereocenters. The van der Waals surface area contributed by atoms with Gasteiger partial charge in [-0.25, -0.2) is 4.98 Å². The molecule has 0 fully saturated rings. The molecule has 0 saturated carbocycles. The van der Waals surface area contributed by atoms with E-state index < -0.39 is 5.91 Å². The van der Waals surface area contributed by atoms with Crippen LogP contribution in [0.3, 0.4) is 0 Å². The fourth-order valence-corrected chi connectivity index (χ4v) is 2.33. The van der Waals surface area contributed by atoms with Crippen LogP contribution in [0.15, 0.2) is 54.6 Å². The molecule has 1 heterocycles. The molecule has 3 aromatic rings. The molecule has 2 aromatic carbocycles. The van der Waals surface area contributed by atoms with Crippen LogP contribution in [0.4, 0.5) is 0 Å². The third-order valence-corrected chi connectivity index (χ3v) is 3.30. The lowest BCUT2D eigenvalue weighted by Gasteiger charge is -2.08. The van der Waals surface area contributed by atoms with Crippen LogP contribution in [-0.2, 0) is 0 Å². The molecule has 3 rings (SSSR count). The highest BCUT2D eigenvalue weighted by Gasteiger charge is 2.11.